The maximum atomic E-state index is 12.3. The summed E-state index contributed by atoms with van der Waals surface area (Å²) >= 11 is 0. The number of amides is 1. The first kappa shape index (κ1) is 10.8. The third-order valence-corrected chi connectivity index (χ3v) is 4.28. The first-order valence-corrected chi connectivity index (χ1v) is 6.62. The van der Waals surface area contributed by atoms with E-state index in [9.17, 15) is 4.79 Å². The molecule has 3 atom stereocenters. The summed E-state index contributed by atoms with van der Waals surface area (Å²) in [5, 5.41) is 11.1. The van der Waals surface area contributed by atoms with Crippen LogP contribution in [0.4, 0.5) is 5.82 Å². The van der Waals surface area contributed by atoms with Crippen LogP contribution in [0.5, 0.6) is 0 Å². The van der Waals surface area contributed by atoms with Crippen LogP contribution in [-0.2, 0) is 4.79 Å². The Morgan fingerprint density at radius 2 is 2.26 bits per heavy atom. The Morgan fingerprint density at radius 1 is 1.37 bits per heavy atom. The summed E-state index contributed by atoms with van der Waals surface area (Å²) in [6.07, 6.45) is 3.95. The molecule has 96 valence electrons. The lowest BCUT2D eigenvalue weighted by Crippen LogP contribution is -2.30. The van der Waals surface area contributed by atoms with Crippen molar-refractivity contribution < 1.29 is 4.79 Å². The maximum absolute atomic E-state index is 12.3. The molecule has 5 heteroatoms. The van der Waals surface area contributed by atoms with Gasteiger partial charge in [-0.25, -0.2) is 4.98 Å². The summed E-state index contributed by atoms with van der Waals surface area (Å²) in [5.74, 6) is 1.96. The largest absolute Gasteiger partial charge is 0.305 e. The summed E-state index contributed by atoms with van der Waals surface area (Å²) in [4.78, 5) is 16.5. The lowest BCUT2D eigenvalue weighted by atomic mass is 9.96. The van der Waals surface area contributed by atoms with Crippen LogP contribution < -0.4 is 5.32 Å². The number of carbonyl (C=O) groups excluding carboxylic acids is 1. The summed E-state index contributed by atoms with van der Waals surface area (Å²) in [6.45, 7) is 1.92. The van der Waals surface area contributed by atoms with Crippen LogP contribution in [0.1, 0.15) is 18.4 Å². The number of carbonyl (C=O) groups is 1. The zero-order valence-corrected chi connectivity index (χ0v) is 10.6. The molecule has 1 amide bonds. The van der Waals surface area contributed by atoms with E-state index in [1.807, 2.05) is 19.1 Å². The zero-order valence-electron chi connectivity index (χ0n) is 10.6. The van der Waals surface area contributed by atoms with Gasteiger partial charge in [0.15, 0.2) is 0 Å². The van der Waals surface area contributed by atoms with Crippen LogP contribution in [-0.4, -0.2) is 22.3 Å². The molecule has 5 nitrogen and oxygen atoms in total. The predicted molar refractivity (Wildman–Crippen MR) is 72.2 cm³/mol. The van der Waals surface area contributed by atoms with Crippen molar-refractivity contribution in [2.24, 2.45) is 28.0 Å². The third-order valence-electron chi connectivity index (χ3n) is 4.28. The van der Waals surface area contributed by atoms with Gasteiger partial charge < -0.3 is 5.32 Å². The fraction of sp³-hybridized carbons (Fsp3) is 0.429. The normalized spacial score (nSPS) is 30.3. The van der Waals surface area contributed by atoms with Crippen molar-refractivity contribution in [3.05, 3.63) is 23.9 Å². The van der Waals surface area contributed by atoms with Gasteiger partial charge >= 0.3 is 0 Å². The maximum Gasteiger partial charge on any atom is 0.273 e. The molecule has 1 aromatic rings. The molecule has 2 heterocycles. The van der Waals surface area contributed by atoms with E-state index in [1.54, 1.807) is 6.20 Å². The SMILES string of the molecule is Cc1cccnc1NC(=O)C1=NN=C2C1CC1CC21. The minimum atomic E-state index is -0.160. The number of nitrogens with zero attached hydrogens (tertiary/aromatic N) is 3. The molecule has 4 rings (SSSR count). The van der Waals surface area contributed by atoms with E-state index < -0.39 is 0 Å². The van der Waals surface area contributed by atoms with E-state index in [4.69, 9.17) is 0 Å². The molecule has 2 fully saturated rings. The smallest absolute Gasteiger partial charge is 0.273 e. The van der Waals surface area contributed by atoms with Crippen LogP contribution in [0.25, 0.3) is 0 Å². The lowest BCUT2D eigenvalue weighted by Gasteiger charge is -2.11. The van der Waals surface area contributed by atoms with Gasteiger partial charge in [-0.15, -0.1) is 5.10 Å². The number of hydrogen-bond donors (Lipinski definition) is 1. The van der Waals surface area contributed by atoms with E-state index in [2.05, 4.69) is 20.5 Å². The van der Waals surface area contributed by atoms with Crippen molar-refractivity contribution in [3.8, 4) is 0 Å². The number of pyridine rings is 1. The molecule has 0 bridgehead atoms. The first-order valence-electron chi connectivity index (χ1n) is 6.62. The van der Waals surface area contributed by atoms with Crippen LogP contribution in [0.3, 0.4) is 0 Å². The van der Waals surface area contributed by atoms with E-state index >= 15 is 0 Å². The number of rotatable bonds is 2. The van der Waals surface area contributed by atoms with Crippen molar-refractivity contribution in [1.82, 2.24) is 4.98 Å². The van der Waals surface area contributed by atoms with E-state index in [0.29, 0.717) is 17.4 Å². The fourth-order valence-corrected chi connectivity index (χ4v) is 3.12. The van der Waals surface area contributed by atoms with Crippen LogP contribution >= 0.6 is 0 Å². The first-order chi connectivity index (χ1) is 9.24. The molecular weight excluding hydrogens is 240 g/mol. The Balaban J connectivity index is 1.52. The Labute approximate surface area is 110 Å². The topological polar surface area (TPSA) is 66.7 Å². The predicted octanol–water partition coefficient (Wildman–Crippen LogP) is 1.80. The van der Waals surface area contributed by atoms with Crippen molar-refractivity contribution >= 4 is 23.1 Å². The molecule has 0 saturated heterocycles. The third kappa shape index (κ3) is 1.61. The Bertz CT molecular complexity index is 634. The molecule has 3 unspecified atom stereocenters. The molecule has 19 heavy (non-hydrogen) atoms. The quantitative estimate of drug-likeness (QED) is 0.874. The number of fused-ring (bicyclic) bond motifs is 3. The second-order valence-electron chi connectivity index (χ2n) is 5.52. The molecule has 1 N–H and O–H groups in total. The number of nitrogens with one attached hydrogen (secondary N) is 1. The Kier molecular flexibility index (Phi) is 2.13. The Hall–Kier alpha value is -2.04. The highest BCUT2D eigenvalue weighted by Crippen LogP contribution is 2.54. The van der Waals surface area contributed by atoms with Gasteiger partial charge in [0.25, 0.3) is 5.91 Å². The molecule has 1 aromatic heterocycles. The number of aromatic nitrogens is 1. The van der Waals surface area contributed by atoms with Gasteiger partial charge in [-0.2, -0.15) is 5.10 Å². The van der Waals surface area contributed by atoms with Gasteiger partial charge in [-0.3, -0.25) is 4.79 Å². The molecule has 2 saturated carbocycles. The van der Waals surface area contributed by atoms with Gasteiger partial charge in [-0.05, 0) is 37.3 Å². The van der Waals surface area contributed by atoms with E-state index in [0.717, 1.165) is 23.6 Å². The summed E-state index contributed by atoms with van der Waals surface area (Å²) in [6, 6.07) is 3.77. The fourth-order valence-electron chi connectivity index (χ4n) is 3.12. The molecular formula is C14H14N4O. The molecule has 3 aliphatic rings. The van der Waals surface area contributed by atoms with E-state index in [1.165, 1.54) is 6.42 Å². The molecule has 0 radical (unpaired) electrons. The average molecular weight is 254 g/mol. The monoisotopic (exact) mass is 254 g/mol. The molecule has 2 aliphatic carbocycles. The number of aryl methyl sites for hydroxylation is 1. The van der Waals surface area contributed by atoms with Crippen LogP contribution in [0, 0.1) is 24.7 Å². The minimum Gasteiger partial charge on any atom is -0.305 e. The molecule has 1 aliphatic heterocycles. The van der Waals surface area contributed by atoms with Crippen molar-refractivity contribution in [3.63, 3.8) is 0 Å². The average Bonchev–Trinajstić information content (AvgIpc) is 2.89. The van der Waals surface area contributed by atoms with Gasteiger partial charge in [0.05, 0.1) is 5.71 Å². The van der Waals surface area contributed by atoms with Gasteiger partial charge in [0.1, 0.15) is 11.5 Å². The van der Waals surface area contributed by atoms with E-state index in [-0.39, 0.29) is 11.8 Å². The van der Waals surface area contributed by atoms with Gasteiger partial charge in [0, 0.05) is 18.0 Å². The highest BCUT2D eigenvalue weighted by molar-refractivity contribution is 6.48. The second kappa shape index (κ2) is 3.73. The van der Waals surface area contributed by atoms with Gasteiger partial charge in [0.2, 0.25) is 0 Å². The van der Waals surface area contributed by atoms with Gasteiger partial charge in [-0.1, -0.05) is 6.07 Å². The summed E-state index contributed by atoms with van der Waals surface area (Å²) in [7, 11) is 0. The summed E-state index contributed by atoms with van der Waals surface area (Å²) in [5.41, 5.74) is 2.64. The zero-order chi connectivity index (χ0) is 13.0. The summed E-state index contributed by atoms with van der Waals surface area (Å²) < 4.78 is 0. The highest BCUT2D eigenvalue weighted by atomic mass is 16.2. The van der Waals surface area contributed by atoms with Crippen molar-refractivity contribution in [2.45, 2.75) is 19.8 Å². The Morgan fingerprint density at radius 3 is 3.11 bits per heavy atom. The standard InChI is InChI=1S/C14H14N4O/c1-7-3-2-4-15-13(7)16-14(19)12-10-6-8-5-9(8)11(10)17-18-12/h2-4,8-10H,5-6H2,1H3,(H,15,16,19). The molecule has 0 spiro atoms. The number of anilines is 1. The minimum absolute atomic E-state index is 0.160. The lowest BCUT2D eigenvalue weighted by molar-refractivity contribution is -0.110. The highest BCUT2D eigenvalue weighted by Gasteiger charge is 2.55. The second-order valence-corrected chi connectivity index (χ2v) is 5.52. The van der Waals surface area contributed by atoms with Crippen molar-refractivity contribution in [2.75, 3.05) is 5.32 Å². The van der Waals surface area contributed by atoms with Crippen LogP contribution in [0.15, 0.2) is 28.5 Å². The molecule has 0 aromatic carbocycles. The van der Waals surface area contributed by atoms with Crippen LogP contribution in [0.2, 0.25) is 0 Å². The van der Waals surface area contributed by atoms with Crippen molar-refractivity contribution in [1.29, 1.82) is 0 Å². The number of hydrogen-bond acceptors (Lipinski definition) is 4.